The van der Waals surface area contributed by atoms with E-state index in [9.17, 15) is 4.79 Å². The molecule has 1 aromatic rings. The molecule has 0 spiro atoms. The quantitative estimate of drug-likeness (QED) is 0.843. The zero-order valence-electron chi connectivity index (χ0n) is 11.8. The Balaban J connectivity index is 2.51. The Morgan fingerprint density at radius 1 is 1.32 bits per heavy atom. The Kier molecular flexibility index (Phi) is 5.83. The van der Waals surface area contributed by atoms with Gasteiger partial charge in [0.2, 0.25) is 0 Å². The molecule has 1 atom stereocenters. The van der Waals surface area contributed by atoms with Gasteiger partial charge >= 0.3 is 5.97 Å². The molecule has 1 aromatic carbocycles. The fraction of sp³-hybridized carbons (Fsp3) is 0.533. The van der Waals surface area contributed by atoms with Gasteiger partial charge in [0.25, 0.3) is 0 Å². The number of carbonyl (C=O) groups is 1. The van der Waals surface area contributed by atoms with E-state index in [1.54, 1.807) is 12.1 Å². The number of rotatable bonds is 5. The molecule has 0 saturated carbocycles. The lowest BCUT2D eigenvalue weighted by Crippen LogP contribution is -2.29. The summed E-state index contributed by atoms with van der Waals surface area (Å²) in [6.07, 6.45) is 0.725. The molecule has 0 heterocycles. The van der Waals surface area contributed by atoms with Crippen LogP contribution >= 0.6 is 11.6 Å². The first-order valence-corrected chi connectivity index (χ1v) is 6.81. The zero-order valence-corrected chi connectivity index (χ0v) is 12.5. The topological polar surface area (TPSA) is 52.3 Å². The Morgan fingerprint density at radius 3 is 2.37 bits per heavy atom. The van der Waals surface area contributed by atoms with Crippen molar-refractivity contribution in [3.8, 4) is 0 Å². The summed E-state index contributed by atoms with van der Waals surface area (Å²) in [5, 5.41) is 0.669. The van der Waals surface area contributed by atoms with Gasteiger partial charge in [-0.1, -0.05) is 44.5 Å². The minimum absolute atomic E-state index is 0.0589. The lowest BCUT2D eigenvalue weighted by molar-refractivity contribution is -0.150. The lowest BCUT2D eigenvalue weighted by atomic mass is 9.85. The van der Waals surface area contributed by atoms with E-state index in [0.29, 0.717) is 11.6 Å². The Bertz CT molecular complexity index is 409. The van der Waals surface area contributed by atoms with Gasteiger partial charge < -0.3 is 10.5 Å². The number of halogens is 1. The molecular formula is C15H22ClNO2. The van der Waals surface area contributed by atoms with E-state index < -0.39 is 0 Å². The van der Waals surface area contributed by atoms with Crippen LogP contribution < -0.4 is 5.73 Å². The van der Waals surface area contributed by atoms with Crippen molar-refractivity contribution in [3.05, 3.63) is 34.9 Å². The van der Waals surface area contributed by atoms with Crippen LogP contribution in [-0.4, -0.2) is 12.5 Å². The maximum atomic E-state index is 12.0. The summed E-state index contributed by atoms with van der Waals surface area (Å²) in [4.78, 5) is 12.0. The monoisotopic (exact) mass is 283 g/mol. The molecule has 0 fully saturated rings. The standard InChI is InChI=1S/C15H22ClNO2/c1-15(2,3)8-12(9-17)14(18)19-10-11-4-6-13(16)7-5-11/h4-7,12H,8-10,17H2,1-3H3. The van der Waals surface area contributed by atoms with Crippen molar-refractivity contribution >= 4 is 17.6 Å². The third-order valence-electron chi connectivity index (χ3n) is 2.77. The molecule has 0 aliphatic rings. The molecule has 0 aromatic heterocycles. The average molecular weight is 284 g/mol. The van der Waals surface area contributed by atoms with Gasteiger partial charge in [0.1, 0.15) is 6.61 Å². The van der Waals surface area contributed by atoms with Crippen molar-refractivity contribution in [3.63, 3.8) is 0 Å². The van der Waals surface area contributed by atoms with E-state index in [1.807, 2.05) is 12.1 Å². The molecule has 4 heteroatoms. The third kappa shape index (κ3) is 6.08. The van der Waals surface area contributed by atoms with E-state index >= 15 is 0 Å². The molecule has 0 aliphatic heterocycles. The number of esters is 1. The van der Waals surface area contributed by atoms with E-state index in [-0.39, 0.29) is 23.9 Å². The van der Waals surface area contributed by atoms with Crippen molar-refractivity contribution in [2.75, 3.05) is 6.54 Å². The number of hydrogen-bond acceptors (Lipinski definition) is 3. The number of benzene rings is 1. The first-order chi connectivity index (χ1) is 8.81. The Morgan fingerprint density at radius 2 is 1.89 bits per heavy atom. The molecule has 0 amide bonds. The van der Waals surface area contributed by atoms with Gasteiger partial charge in [-0.25, -0.2) is 0 Å². The van der Waals surface area contributed by atoms with Crippen molar-refractivity contribution in [1.82, 2.24) is 0 Å². The van der Waals surface area contributed by atoms with E-state index in [1.165, 1.54) is 0 Å². The number of nitrogens with two attached hydrogens (primary N) is 1. The van der Waals surface area contributed by atoms with E-state index in [4.69, 9.17) is 22.1 Å². The maximum absolute atomic E-state index is 12.0. The highest BCUT2D eigenvalue weighted by Gasteiger charge is 2.24. The summed E-state index contributed by atoms with van der Waals surface area (Å²) in [7, 11) is 0. The minimum atomic E-state index is -0.243. The first-order valence-electron chi connectivity index (χ1n) is 6.43. The molecular weight excluding hydrogens is 262 g/mol. The van der Waals surface area contributed by atoms with Crippen molar-refractivity contribution < 1.29 is 9.53 Å². The Labute approximate surface area is 120 Å². The molecule has 0 aliphatic carbocycles. The van der Waals surface area contributed by atoms with Gasteiger partial charge in [0.15, 0.2) is 0 Å². The third-order valence-corrected chi connectivity index (χ3v) is 3.02. The van der Waals surface area contributed by atoms with Crippen LogP contribution in [0.25, 0.3) is 0 Å². The molecule has 19 heavy (non-hydrogen) atoms. The molecule has 106 valence electrons. The highest BCUT2D eigenvalue weighted by Crippen LogP contribution is 2.25. The summed E-state index contributed by atoms with van der Waals surface area (Å²) in [5.41, 5.74) is 6.63. The molecule has 2 N–H and O–H groups in total. The minimum Gasteiger partial charge on any atom is -0.461 e. The molecule has 1 unspecified atom stereocenters. The predicted molar refractivity (Wildman–Crippen MR) is 77.9 cm³/mol. The predicted octanol–water partition coefficient (Wildman–Crippen LogP) is 3.39. The maximum Gasteiger partial charge on any atom is 0.310 e. The summed E-state index contributed by atoms with van der Waals surface area (Å²) < 4.78 is 5.30. The zero-order chi connectivity index (χ0) is 14.5. The van der Waals surface area contributed by atoms with Gasteiger partial charge in [-0.2, -0.15) is 0 Å². The number of hydrogen-bond donors (Lipinski definition) is 1. The fourth-order valence-corrected chi connectivity index (χ4v) is 1.98. The van der Waals surface area contributed by atoms with Crippen LogP contribution in [0.15, 0.2) is 24.3 Å². The smallest absolute Gasteiger partial charge is 0.310 e. The number of carbonyl (C=O) groups excluding carboxylic acids is 1. The van der Waals surface area contributed by atoms with Gasteiger partial charge in [-0.3, -0.25) is 4.79 Å². The van der Waals surface area contributed by atoms with Crippen LogP contribution in [0.3, 0.4) is 0 Å². The molecule has 0 bridgehead atoms. The summed E-state index contributed by atoms with van der Waals surface area (Å²) in [6, 6.07) is 7.24. The van der Waals surface area contributed by atoms with Crippen LogP contribution in [0.5, 0.6) is 0 Å². The van der Waals surface area contributed by atoms with Crippen molar-refractivity contribution in [1.29, 1.82) is 0 Å². The summed E-state index contributed by atoms with van der Waals surface area (Å²) >= 11 is 5.80. The van der Waals surface area contributed by atoms with Crippen molar-refractivity contribution in [2.45, 2.75) is 33.8 Å². The second-order valence-corrected chi connectivity index (χ2v) is 6.37. The SMILES string of the molecule is CC(C)(C)CC(CN)C(=O)OCc1ccc(Cl)cc1. The molecule has 3 nitrogen and oxygen atoms in total. The van der Waals surface area contributed by atoms with Crippen molar-refractivity contribution in [2.24, 2.45) is 17.1 Å². The van der Waals surface area contributed by atoms with Crippen LogP contribution in [0, 0.1) is 11.3 Å². The van der Waals surface area contributed by atoms with Gasteiger partial charge in [0.05, 0.1) is 5.92 Å². The van der Waals surface area contributed by atoms with E-state index in [2.05, 4.69) is 20.8 Å². The normalized spacial score (nSPS) is 13.1. The van der Waals surface area contributed by atoms with Crippen LogP contribution in [0.4, 0.5) is 0 Å². The summed E-state index contributed by atoms with van der Waals surface area (Å²) in [6.45, 7) is 6.83. The summed E-state index contributed by atoms with van der Waals surface area (Å²) in [5.74, 6) is -0.473. The molecule has 0 saturated heterocycles. The second-order valence-electron chi connectivity index (χ2n) is 5.93. The fourth-order valence-electron chi connectivity index (χ4n) is 1.86. The molecule has 1 rings (SSSR count). The van der Waals surface area contributed by atoms with Gasteiger partial charge in [-0.05, 0) is 29.5 Å². The first kappa shape index (κ1) is 16.0. The number of ether oxygens (including phenoxy) is 1. The lowest BCUT2D eigenvalue weighted by Gasteiger charge is -2.23. The van der Waals surface area contributed by atoms with Gasteiger partial charge in [0, 0.05) is 11.6 Å². The highest BCUT2D eigenvalue weighted by molar-refractivity contribution is 6.30. The highest BCUT2D eigenvalue weighted by atomic mass is 35.5. The largest absolute Gasteiger partial charge is 0.461 e. The Hall–Kier alpha value is -1.06. The van der Waals surface area contributed by atoms with Gasteiger partial charge in [-0.15, -0.1) is 0 Å². The second kappa shape index (κ2) is 6.92. The van der Waals surface area contributed by atoms with Crippen LogP contribution in [-0.2, 0) is 16.1 Å². The van der Waals surface area contributed by atoms with Crippen LogP contribution in [0.1, 0.15) is 32.8 Å². The average Bonchev–Trinajstić information content (AvgIpc) is 2.34. The van der Waals surface area contributed by atoms with Crippen LogP contribution in [0.2, 0.25) is 5.02 Å². The molecule has 0 radical (unpaired) electrons. The van der Waals surface area contributed by atoms with E-state index in [0.717, 1.165) is 12.0 Å².